The highest BCUT2D eigenvalue weighted by Crippen LogP contribution is 2.19. The maximum absolute atomic E-state index is 9.33. The van der Waals surface area contributed by atoms with Crippen molar-refractivity contribution in [1.29, 1.82) is 0 Å². The Hall–Kier alpha value is -2.51. The predicted octanol–water partition coefficient (Wildman–Crippen LogP) is 3.91. The summed E-state index contributed by atoms with van der Waals surface area (Å²) in [5, 5.41) is 21.5. The van der Waals surface area contributed by atoms with Crippen LogP contribution in [-0.2, 0) is 13.1 Å². The largest absolute Gasteiger partial charge is 0.394 e. The van der Waals surface area contributed by atoms with Gasteiger partial charge in [0.25, 0.3) is 0 Å². The highest BCUT2D eigenvalue weighted by atomic mass is 16.3. The Kier molecular flexibility index (Phi) is 9.05. The number of nitrogens with zero attached hydrogens (tertiary/aromatic N) is 4. The lowest BCUT2D eigenvalue weighted by Crippen LogP contribution is -2.10. The van der Waals surface area contributed by atoms with E-state index in [1.807, 2.05) is 24.5 Å². The summed E-state index contributed by atoms with van der Waals surface area (Å²) in [6, 6.07) is 10.2. The minimum atomic E-state index is -0.548. The van der Waals surface area contributed by atoms with Crippen molar-refractivity contribution >= 4 is 17.0 Å². The molecule has 0 aliphatic carbocycles. The molecule has 1 aromatic carbocycles. The number of anilines is 1. The topological polar surface area (TPSA) is 96.1 Å². The molecule has 3 rings (SSSR count). The third-order valence-corrected chi connectivity index (χ3v) is 5.35. The molecule has 0 aliphatic heterocycles. The van der Waals surface area contributed by atoms with E-state index in [-0.39, 0.29) is 6.61 Å². The molecule has 7 nitrogen and oxygen atoms in total. The van der Waals surface area contributed by atoms with Crippen LogP contribution in [0.4, 0.5) is 5.82 Å². The van der Waals surface area contributed by atoms with Gasteiger partial charge in [-0.2, -0.15) is 0 Å². The van der Waals surface area contributed by atoms with Crippen molar-refractivity contribution in [2.75, 3.05) is 11.9 Å². The summed E-state index contributed by atoms with van der Waals surface area (Å²) in [4.78, 5) is 13.3. The molecule has 1 atom stereocenters. The average Bonchev–Trinajstić information content (AvgIpc) is 3.20. The summed E-state index contributed by atoms with van der Waals surface area (Å²) in [6.07, 6.45) is 11.6. The summed E-state index contributed by atoms with van der Waals surface area (Å²) < 4.78 is 2.11. The normalized spacial score (nSPS) is 12.3. The second-order valence-corrected chi connectivity index (χ2v) is 7.77. The molecule has 3 N–H and O–H groups in total. The lowest BCUT2D eigenvalue weighted by Gasteiger charge is -2.07. The van der Waals surface area contributed by atoms with E-state index < -0.39 is 6.10 Å². The molecule has 2 heterocycles. The molecular weight excluding hydrogens is 378 g/mol. The van der Waals surface area contributed by atoms with Gasteiger partial charge in [0.15, 0.2) is 11.5 Å². The Morgan fingerprint density at radius 2 is 1.63 bits per heavy atom. The molecule has 0 saturated carbocycles. The first-order valence-electron chi connectivity index (χ1n) is 11.0. The van der Waals surface area contributed by atoms with Crippen LogP contribution in [-0.4, -0.2) is 42.4 Å². The number of rotatable bonds is 14. The van der Waals surface area contributed by atoms with Crippen LogP contribution in [0.25, 0.3) is 11.2 Å². The monoisotopic (exact) mass is 411 g/mol. The third-order valence-electron chi connectivity index (χ3n) is 5.35. The van der Waals surface area contributed by atoms with E-state index in [2.05, 4.69) is 37.0 Å². The first-order valence-corrected chi connectivity index (χ1v) is 11.0. The van der Waals surface area contributed by atoms with Gasteiger partial charge in [0.05, 0.1) is 19.0 Å². The van der Waals surface area contributed by atoms with Crippen molar-refractivity contribution in [2.45, 2.75) is 70.6 Å². The molecule has 0 fully saturated rings. The van der Waals surface area contributed by atoms with Gasteiger partial charge in [-0.25, -0.2) is 15.0 Å². The number of imidazole rings is 1. The molecule has 0 bridgehead atoms. The van der Waals surface area contributed by atoms with Crippen molar-refractivity contribution < 1.29 is 10.2 Å². The fourth-order valence-electron chi connectivity index (χ4n) is 3.59. The van der Waals surface area contributed by atoms with E-state index in [9.17, 15) is 5.11 Å². The van der Waals surface area contributed by atoms with Crippen LogP contribution in [0.5, 0.6) is 0 Å². The summed E-state index contributed by atoms with van der Waals surface area (Å²) in [5.41, 5.74) is 2.90. The first kappa shape index (κ1) is 22.2. The molecular formula is C23H33N5O2. The molecule has 0 radical (unpaired) electrons. The van der Waals surface area contributed by atoms with E-state index in [1.165, 1.54) is 31.2 Å². The van der Waals surface area contributed by atoms with Gasteiger partial charge >= 0.3 is 0 Å². The lowest BCUT2D eigenvalue weighted by molar-refractivity contribution is 0.0860. The quantitative estimate of drug-likeness (QED) is 0.348. The van der Waals surface area contributed by atoms with Gasteiger partial charge in [-0.15, -0.1) is 0 Å². The number of aliphatic hydroxyl groups is 2. The maximum Gasteiger partial charge on any atom is 0.165 e. The second kappa shape index (κ2) is 12.2. The number of benzene rings is 1. The number of unbranched alkanes of at least 4 members (excludes halogenated alkanes) is 6. The SMILES string of the molecule is OCC(O)CCCCCCCCCn1cnc2c(NCc3ccccc3)ncnc21. The summed E-state index contributed by atoms with van der Waals surface area (Å²) in [6.45, 7) is 1.49. The molecule has 0 amide bonds. The molecule has 1 unspecified atom stereocenters. The number of fused-ring (bicyclic) bond motifs is 1. The molecule has 2 aromatic heterocycles. The standard InChI is InChI=1S/C23H33N5O2/c29-16-20(30)13-9-4-2-1-3-5-10-14-28-18-27-21-22(25-17-26-23(21)28)24-15-19-11-7-6-8-12-19/h6-8,11-12,17-18,20,29-30H,1-5,9-10,13-16H2,(H,24,25,26). The van der Waals surface area contributed by atoms with E-state index in [0.29, 0.717) is 13.0 Å². The van der Waals surface area contributed by atoms with Crippen molar-refractivity contribution in [3.05, 3.63) is 48.5 Å². The summed E-state index contributed by atoms with van der Waals surface area (Å²) >= 11 is 0. The van der Waals surface area contributed by atoms with Crippen LogP contribution in [0.2, 0.25) is 0 Å². The van der Waals surface area contributed by atoms with Gasteiger partial charge in [-0.3, -0.25) is 0 Å². The van der Waals surface area contributed by atoms with E-state index in [4.69, 9.17) is 5.11 Å². The average molecular weight is 412 g/mol. The summed E-state index contributed by atoms with van der Waals surface area (Å²) in [7, 11) is 0. The maximum atomic E-state index is 9.33. The Balaban J connectivity index is 1.38. The minimum absolute atomic E-state index is 0.127. The molecule has 7 heteroatoms. The lowest BCUT2D eigenvalue weighted by atomic mass is 10.1. The highest BCUT2D eigenvalue weighted by Gasteiger charge is 2.09. The number of hydrogen-bond acceptors (Lipinski definition) is 6. The highest BCUT2D eigenvalue weighted by molar-refractivity contribution is 5.82. The molecule has 0 saturated heterocycles. The summed E-state index contributed by atoms with van der Waals surface area (Å²) in [5.74, 6) is 0.772. The number of nitrogens with one attached hydrogen (secondary N) is 1. The number of aromatic nitrogens is 4. The van der Waals surface area contributed by atoms with Crippen LogP contribution in [0.3, 0.4) is 0 Å². The molecule has 0 spiro atoms. The zero-order valence-corrected chi connectivity index (χ0v) is 17.6. The van der Waals surface area contributed by atoms with Crippen molar-refractivity contribution in [2.24, 2.45) is 0 Å². The van der Waals surface area contributed by atoms with E-state index in [1.54, 1.807) is 6.33 Å². The Morgan fingerprint density at radius 1 is 0.900 bits per heavy atom. The van der Waals surface area contributed by atoms with Crippen LogP contribution < -0.4 is 5.32 Å². The van der Waals surface area contributed by atoms with Gasteiger partial charge in [0.2, 0.25) is 0 Å². The molecule has 30 heavy (non-hydrogen) atoms. The van der Waals surface area contributed by atoms with Gasteiger partial charge in [0.1, 0.15) is 11.8 Å². The van der Waals surface area contributed by atoms with Gasteiger partial charge in [-0.05, 0) is 18.4 Å². The van der Waals surface area contributed by atoms with Crippen LogP contribution in [0.1, 0.15) is 56.9 Å². The Bertz CT molecular complexity index is 868. The van der Waals surface area contributed by atoms with Gasteiger partial charge in [-0.1, -0.05) is 68.9 Å². The first-order chi connectivity index (χ1) is 14.8. The van der Waals surface area contributed by atoms with Crippen LogP contribution in [0.15, 0.2) is 43.0 Å². The predicted molar refractivity (Wildman–Crippen MR) is 119 cm³/mol. The van der Waals surface area contributed by atoms with Crippen LogP contribution >= 0.6 is 0 Å². The fourth-order valence-corrected chi connectivity index (χ4v) is 3.59. The zero-order chi connectivity index (χ0) is 21.0. The van der Waals surface area contributed by atoms with E-state index >= 15 is 0 Å². The number of hydrogen-bond donors (Lipinski definition) is 3. The number of aliphatic hydroxyl groups excluding tert-OH is 2. The zero-order valence-electron chi connectivity index (χ0n) is 17.6. The number of aryl methyl sites for hydroxylation is 1. The minimum Gasteiger partial charge on any atom is -0.394 e. The smallest absolute Gasteiger partial charge is 0.165 e. The second-order valence-electron chi connectivity index (χ2n) is 7.77. The molecule has 0 aliphatic rings. The van der Waals surface area contributed by atoms with Crippen molar-refractivity contribution in [3.63, 3.8) is 0 Å². The Labute approximate surface area is 178 Å². The fraction of sp³-hybridized carbons (Fsp3) is 0.522. The van der Waals surface area contributed by atoms with Crippen molar-refractivity contribution in [1.82, 2.24) is 19.5 Å². The van der Waals surface area contributed by atoms with Gasteiger partial charge < -0.3 is 20.1 Å². The third kappa shape index (κ3) is 6.78. The molecule has 162 valence electrons. The van der Waals surface area contributed by atoms with E-state index in [0.717, 1.165) is 42.8 Å². The van der Waals surface area contributed by atoms with Crippen LogP contribution in [0, 0.1) is 0 Å². The molecule has 3 aromatic rings. The van der Waals surface area contributed by atoms with Gasteiger partial charge in [0, 0.05) is 13.1 Å². The Morgan fingerprint density at radius 3 is 2.40 bits per heavy atom. The van der Waals surface area contributed by atoms with Crippen molar-refractivity contribution in [3.8, 4) is 0 Å².